The fourth-order valence-electron chi connectivity index (χ4n) is 10.7. The van der Waals surface area contributed by atoms with Gasteiger partial charge in [-0.25, -0.2) is 37.9 Å². The fourth-order valence-corrected chi connectivity index (χ4v) is 11.4. The van der Waals surface area contributed by atoms with Crippen molar-refractivity contribution in [3.05, 3.63) is 187 Å². The van der Waals surface area contributed by atoms with Gasteiger partial charge in [0.05, 0.1) is 83.9 Å². The lowest BCUT2D eigenvalue weighted by molar-refractivity contribution is -0.154. The molecule has 7 fully saturated rings. The minimum Gasteiger partial charge on any atom is -0.477 e. The number of esters is 3. The van der Waals surface area contributed by atoms with Crippen LogP contribution in [0.5, 0.6) is 0 Å². The lowest BCUT2D eigenvalue weighted by atomic mass is 10.1. The number of hydrogen-bond acceptors (Lipinski definition) is 19. The second kappa shape index (κ2) is 40.2. The van der Waals surface area contributed by atoms with Gasteiger partial charge in [-0.2, -0.15) is 20.4 Å². The number of rotatable bonds is 25. The molecule has 0 spiro atoms. The molecule has 4 aromatic heterocycles. The molecule has 30 heteroatoms. The van der Waals surface area contributed by atoms with Crippen molar-refractivity contribution in [3.8, 4) is 22.7 Å². The van der Waals surface area contributed by atoms with Gasteiger partial charge in [0.15, 0.2) is 17.1 Å². The van der Waals surface area contributed by atoms with E-state index in [1.165, 1.54) is 24.6 Å². The number of carbonyl (C=O) groups is 9. The van der Waals surface area contributed by atoms with Crippen molar-refractivity contribution in [3.63, 3.8) is 0 Å². The normalized spacial score (nSPS) is 15.1. The lowest BCUT2D eigenvalue weighted by Crippen LogP contribution is -2.22. The van der Waals surface area contributed by atoms with Crippen LogP contribution >= 0.6 is 58.8 Å². The molecule has 7 saturated carbocycles. The number of halogens is 5. The van der Waals surface area contributed by atoms with E-state index in [1.54, 1.807) is 97.7 Å². The standard InChI is InChI=1S/C15H15ClN2O2.C13H12ClN3O.C13H14ClN3.C13H11ClN2O2.C10H15NO4.C9H12O4.C5H8O.ClH/c1-2-20-15(19)14-9-13(10-6-7-10)17-18(14)12-5-3-4-11(16)8-12;14-9-2-1-3-10(6-9)17-12(13(15)18)7-11(16-17)8-4-5-8;14-10-2-1-3-11(6-10)17-12(8-15)7-13(16-17)9-4-5-9;14-9-2-1-3-10(6-9)16-12(13(17)18)7-11(15-16)8-4-5-8;1-3-15-10(13)8(11-14-2)6-9(12)7-4-5-7;1-2-13-9(12)8(11)5-7(10)6-3-4-6;1-4(6)5-2-3-5;/h3-5,8-10H,2,6-7H2,1H3;1-3,6-8H,4-5H2,(H2,15,18);1-3,6-7,9H,4-5,8,15H2;1-3,6-8H,4-5H2,(H,17,18);7H,3-6H2,1-2H3;6H,2-5H2,1H3;5H,2-3H2,1H3;1H/b;;;;11-8-;;;. The summed E-state index contributed by atoms with van der Waals surface area (Å²) in [4.78, 5) is 105. The van der Waals surface area contributed by atoms with Crippen LogP contribution in [-0.4, -0.2) is 130 Å². The van der Waals surface area contributed by atoms with E-state index in [2.05, 4.69) is 41.2 Å². The molecule has 574 valence electrons. The third-order valence-corrected chi connectivity index (χ3v) is 18.4. The van der Waals surface area contributed by atoms with Crippen molar-refractivity contribution in [2.45, 2.75) is 161 Å². The smallest absolute Gasteiger partial charge is 0.375 e. The number of hydrogen-bond donors (Lipinski definition) is 3. The quantitative estimate of drug-likeness (QED) is 0.0119. The van der Waals surface area contributed by atoms with Crippen molar-refractivity contribution < 1.29 is 67.3 Å². The van der Waals surface area contributed by atoms with Crippen molar-refractivity contribution in [1.82, 2.24) is 39.1 Å². The van der Waals surface area contributed by atoms with Gasteiger partial charge in [-0.3, -0.25) is 24.0 Å². The summed E-state index contributed by atoms with van der Waals surface area (Å²) in [5.74, 6) is -1.10. The van der Waals surface area contributed by atoms with Crippen molar-refractivity contribution in [1.29, 1.82) is 0 Å². The lowest BCUT2D eigenvalue weighted by Gasteiger charge is -2.07. The Bertz CT molecular complexity index is 4430. The van der Waals surface area contributed by atoms with Crippen LogP contribution in [-0.2, 0) is 54.4 Å². The fraction of sp³-hybridized carbons (Fsp3) is 0.410. The molecule has 0 aliphatic heterocycles. The predicted octanol–water partition coefficient (Wildman–Crippen LogP) is 14.9. The van der Waals surface area contributed by atoms with Crippen molar-refractivity contribution >= 4 is 117 Å². The highest BCUT2D eigenvalue weighted by molar-refractivity contribution is 6.40. The number of benzene rings is 4. The topological polar surface area (TPSA) is 346 Å². The zero-order chi connectivity index (χ0) is 77.0. The first kappa shape index (κ1) is 84.3. The van der Waals surface area contributed by atoms with Crippen LogP contribution in [0.15, 0.2) is 126 Å². The number of aromatic nitrogens is 8. The number of aromatic carboxylic acids is 1. The van der Waals surface area contributed by atoms with Gasteiger partial charge in [0.2, 0.25) is 5.78 Å². The molecule has 4 heterocycles. The number of Topliss-reactive ketones (excluding diaryl/α,β-unsaturated/α-hetero) is 4. The van der Waals surface area contributed by atoms with Crippen LogP contribution < -0.4 is 11.5 Å². The van der Waals surface area contributed by atoms with E-state index in [4.69, 9.17) is 67.3 Å². The molecule has 0 unspecified atom stereocenters. The first-order valence-electron chi connectivity index (χ1n) is 35.8. The Labute approximate surface area is 651 Å². The second-order valence-electron chi connectivity index (χ2n) is 26.5. The number of oxime groups is 1. The minimum absolute atomic E-state index is 0. The van der Waals surface area contributed by atoms with Gasteiger partial charge in [-0.15, -0.1) is 12.4 Å². The first-order chi connectivity index (χ1) is 51.4. The number of carboxylic acids is 1. The van der Waals surface area contributed by atoms with Crippen LogP contribution in [0.3, 0.4) is 0 Å². The number of nitrogens with zero attached hydrogens (tertiary/aromatic N) is 9. The predicted molar refractivity (Wildman–Crippen MR) is 410 cm³/mol. The van der Waals surface area contributed by atoms with Gasteiger partial charge in [-0.05, 0) is 215 Å². The SMILES string of the molecule is CC(=O)C1CC1.CCOC(=O)/C(CC(=O)C1CC1)=N\OC.CCOC(=O)C(=O)CC(=O)C1CC1.CCOC(=O)c1cc(C2CC2)nn1-c1cccc(Cl)c1.Cl.NC(=O)c1cc(C2CC2)nn1-c1cccc(Cl)c1.NCc1cc(C2CC2)nn1-c1cccc(Cl)c1.O=C(O)c1cc(C2CC2)nn1-c1cccc(Cl)c1. The molecule has 108 heavy (non-hydrogen) atoms. The summed E-state index contributed by atoms with van der Waals surface area (Å²) in [6.07, 6.45) is 14.8. The number of carboxylic acid groups (broad SMARTS) is 1. The Morgan fingerprint density at radius 2 is 0.824 bits per heavy atom. The summed E-state index contributed by atoms with van der Waals surface area (Å²) < 4.78 is 20.9. The molecule has 0 atom stereocenters. The average Bonchev–Trinajstić information content (AvgIpc) is 1.60. The van der Waals surface area contributed by atoms with E-state index >= 15 is 0 Å². The Morgan fingerprint density at radius 1 is 0.472 bits per heavy atom. The summed E-state index contributed by atoms with van der Waals surface area (Å²) in [5.41, 5.74) is 20.4. The Balaban J connectivity index is 0.000000161. The number of carbonyl (C=O) groups excluding carboxylic acids is 8. The maximum Gasteiger partial charge on any atom is 0.375 e. The third-order valence-electron chi connectivity index (χ3n) is 17.5. The molecule has 15 rings (SSSR count). The van der Waals surface area contributed by atoms with Gasteiger partial charge in [-0.1, -0.05) is 75.8 Å². The van der Waals surface area contributed by atoms with E-state index < -0.39 is 29.6 Å². The van der Waals surface area contributed by atoms with E-state index in [0.29, 0.717) is 85.7 Å². The van der Waals surface area contributed by atoms with Crippen LogP contribution in [0.2, 0.25) is 20.1 Å². The molecule has 5 N–H and O–H groups in total. The van der Waals surface area contributed by atoms with Crippen LogP contribution in [0.4, 0.5) is 0 Å². The van der Waals surface area contributed by atoms with Crippen LogP contribution in [0.1, 0.15) is 214 Å². The summed E-state index contributed by atoms with van der Waals surface area (Å²) in [5, 5.41) is 33.2. The molecule has 0 saturated heterocycles. The van der Waals surface area contributed by atoms with Gasteiger partial charge >= 0.3 is 23.9 Å². The maximum absolute atomic E-state index is 12.1. The number of ether oxygens (including phenoxy) is 3. The van der Waals surface area contributed by atoms with Crippen molar-refractivity contribution in [2.24, 2.45) is 34.4 Å². The molecular formula is C78H88Cl5N11O14. The zero-order valence-corrected chi connectivity index (χ0v) is 64.4. The number of amides is 1. The second-order valence-corrected chi connectivity index (χ2v) is 28.2. The van der Waals surface area contributed by atoms with E-state index in [1.807, 2.05) is 59.3 Å². The minimum atomic E-state index is -0.977. The summed E-state index contributed by atoms with van der Waals surface area (Å²) in [6, 6.07) is 36.6. The summed E-state index contributed by atoms with van der Waals surface area (Å²) >= 11 is 23.9. The Hall–Kier alpha value is -9.37. The highest BCUT2D eigenvalue weighted by atomic mass is 35.5. The Morgan fingerprint density at radius 3 is 1.17 bits per heavy atom. The molecular weight excluding hydrogens is 1490 g/mol. The summed E-state index contributed by atoms with van der Waals surface area (Å²) in [7, 11) is 1.33. The van der Waals surface area contributed by atoms with Crippen LogP contribution in [0, 0.1) is 17.8 Å². The van der Waals surface area contributed by atoms with Crippen LogP contribution in [0.25, 0.3) is 22.7 Å². The molecule has 4 aromatic carbocycles. The van der Waals surface area contributed by atoms with Gasteiger partial charge < -0.3 is 35.6 Å². The highest BCUT2D eigenvalue weighted by Gasteiger charge is 2.35. The monoisotopic (exact) mass is 1580 g/mol. The number of ketones is 4. The van der Waals surface area contributed by atoms with E-state index in [-0.39, 0.29) is 79.2 Å². The molecule has 0 bridgehead atoms. The van der Waals surface area contributed by atoms with E-state index in [0.717, 1.165) is 123 Å². The number of primary amides is 1. The third kappa shape index (κ3) is 25.6. The van der Waals surface area contributed by atoms with Gasteiger partial charge in [0, 0.05) is 68.1 Å². The molecule has 25 nitrogen and oxygen atoms in total. The molecule has 7 aliphatic rings. The van der Waals surface area contributed by atoms with E-state index in [9.17, 15) is 48.3 Å². The zero-order valence-electron chi connectivity index (χ0n) is 60.6. The largest absolute Gasteiger partial charge is 0.477 e. The van der Waals surface area contributed by atoms with Gasteiger partial charge in [0.25, 0.3) is 5.91 Å². The molecule has 7 aliphatic carbocycles. The first-order valence-corrected chi connectivity index (χ1v) is 37.3. The Kier molecular flexibility index (Phi) is 31.3. The van der Waals surface area contributed by atoms with Gasteiger partial charge in [0.1, 0.15) is 30.2 Å². The average molecular weight is 1580 g/mol. The highest BCUT2D eigenvalue weighted by Crippen LogP contribution is 2.43. The molecule has 1 amide bonds. The molecule has 0 radical (unpaired) electrons. The maximum atomic E-state index is 12.1. The van der Waals surface area contributed by atoms with Crippen molar-refractivity contribution in [2.75, 3.05) is 26.9 Å². The number of nitrogens with two attached hydrogens (primary N) is 2. The summed E-state index contributed by atoms with van der Waals surface area (Å²) in [6.45, 7) is 8.04. The molecule has 8 aromatic rings.